The monoisotopic (exact) mass is 338 g/mol. The standard InChI is InChI=1S/C18H26O6/c1-5-15-9-16(7-6-8-22-12(2)19)18(11-24-14(4)21)17(15)10-23-13(3)20/h5-7,15-18H,1,8-11H2,2-4H3/b7-6-/t15-,16+,17-,18+/m0/s1. The van der Waals surface area contributed by atoms with Crippen LogP contribution in [0.5, 0.6) is 0 Å². The highest BCUT2D eigenvalue weighted by Gasteiger charge is 2.41. The molecule has 4 atom stereocenters. The highest BCUT2D eigenvalue weighted by Crippen LogP contribution is 2.43. The Morgan fingerprint density at radius 2 is 1.42 bits per heavy atom. The molecule has 1 fully saturated rings. The molecule has 0 aromatic carbocycles. The lowest BCUT2D eigenvalue weighted by atomic mass is 9.88. The number of carbonyl (C=O) groups excluding carboxylic acids is 3. The number of ether oxygens (including phenoxy) is 3. The molecule has 1 rings (SSSR count). The van der Waals surface area contributed by atoms with Crippen molar-refractivity contribution in [3.63, 3.8) is 0 Å². The van der Waals surface area contributed by atoms with Gasteiger partial charge < -0.3 is 14.2 Å². The minimum absolute atomic E-state index is 0.0184. The topological polar surface area (TPSA) is 78.9 Å². The largest absolute Gasteiger partial charge is 0.466 e. The fourth-order valence-corrected chi connectivity index (χ4v) is 3.11. The fraction of sp³-hybridized carbons (Fsp3) is 0.611. The van der Waals surface area contributed by atoms with Gasteiger partial charge in [0.15, 0.2) is 0 Å². The molecular formula is C18H26O6. The predicted octanol–water partition coefficient (Wildman–Crippen LogP) is 2.29. The van der Waals surface area contributed by atoms with Gasteiger partial charge in [-0.25, -0.2) is 0 Å². The Hall–Kier alpha value is -2.11. The third kappa shape index (κ3) is 6.56. The maximum Gasteiger partial charge on any atom is 0.302 e. The lowest BCUT2D eigenvalue weighted by Crippen LogP contribution is -2.27. The van der Waals surface area contributed by atoms with Gasteiger partial charge in [-0.3, -0.25) is 14.4 Å². The third-order valence-electron chi connectivity index (χ3n) is 4.22. The molecule has 0 spiro atoms. The number of allylic oxidation sites excluding steroid dienone is 2. The minimum atomic E-state index is -0.342. The number of esters is 3. The highest BCUT2D eigenvalue weighted by atomic mass is 16.5. The molecule has 0 heterocycles. The van der Waals surface area contributed by atoms with E-state index in [9.17, 15) is 14.4 Å². The van der Waals surface area contributed by atoms with Crippen LogP contribution in [0.1, 0.15) is 27.2 Å². The zero-order chi connectivity index (χ0) is 18.1. The smallest absolute Gasteiger partial charge is 0.302 e. The summed E-state index contributed by atoms with van der Waals surface area (Å²) in [4.78, 5) is 33.1. The molecule has 0 aliphatic heterocycles. The summed E-state index contributed by atoms with van der Waals surface area (Å²) in [6.45, 7) is 8.69. The second-order valence-corrected chi connectivity index (χ2v) is 5.96. The van der Waals surface area contributed by atoms with Gasteiger partial charge in [-0.05, 0) is 18.3 Å². The molecule has 6 heteroatoms. The minimum Gasteiger partial charge on any atom is -0.466 e. The average molecular weight is 338 g/mol. The second kappa shape index (κ2) is 9.90. The molecule has 24 heavy (non-hydrogen) atoms. The van der Waals surface area contributed by atoms with Crippen molar-refractivity contribution in [1.29, 1.82) is 0 Å². The van der Waals surface area contributed by atoms with Crippen LogP contribution in [0.25, 0.3) is 0 Å². The van der Waals surface area contributed by atoms with Crippen molar-refractivity contribution in [1.82, 2.24) is 0 Å². The van der Waals surface area contributed by atoms with Gasteiger partial charge >= 0.3 is 17.9 Å². The Morgan fingerprint density at radius 1 is 0.917 bits per heavy atom. The third-order valence-corrected chi connectivity index (χ3v) is 4.22. The summed E-state index contributed by atoms with van der Waals surface area (Å²) >= 11 is 0. The summed E-state index contributed by atoms with van der Waals surface area (Å²) in [6, 6.07) is 0. The molecular weight excluding hydrogens is 312 g/mol. The van der Waals surface area contributed by atoms with E-state index in [0.29, 0.717) is 0 Å². The van der Waals surface area contributed by atoms with Crippen LogP contribution >= 0.6 is 0 Å². The van der Waals surface area contributed by atoms with Crippen molar-refractivity contribution >= 4 is 17.9 Å². The van der Waals surface area contributed by atoms with Crippen LogP contribution in [-0.2, 0) is 28.6 Å². The number of carbonyl (C=O) groups is 3. The number of hydrogen-bond donors (Lipinski definition) is 0. The van der Waals surface area contributed by atoms with E-state index in [4.69, 9.17) is 14.2 Å². The average Bonchev–Trinajstić information content (AvgIpc) is 2.84. The zero-order valence-corrected chi connectivity index (χ0v) is 14.5. The second-order valence-electron chi connectivity index (χ2n) is 5.96. The lowest BCUT2D eigenvalue weighted by Gasteiger charge is -2.24. The molecule has 0 amide bonds. The molecule has 6 nitrogen and oxygen atoms in total. The van der Waals surface area contributed by atoms with E-state index in [2.05, 4.69) is 6.58 Å². The molecule has 0 N–H and O–H groups in total. The van der Waals surface area contributed by atoms with E-state index in [-0.39, 0.29) is 61.4 Å². The zero-order valence-electron chi connectivity index (χ0n) is 14.5. The van der Waals surface area contributed by atoms with Crippen molar-refractivity contribution < 1.29 is 28.6 Å². The maximum absolute atomic E-state index is 11.2. The van der Waals surface area contributed by atoms with Gasteiger partial charge in [-0.2, -0.15) is 0 Å². The van der Waals surface area contributed by atoms with Crippen LogP contribution in [0.15, 0.2) is 24.8 Å². The van der Waals surface area contributed by atoms with Crippen LogP contribution in [0.4, 0.5) is 0 Å². The van der Waals surface area contributed by atoms with Crippen LogP contribution in [0.3, 0.4) is 0 Å². The quantitative estimate of drug-likeness (QED) is 0.384. The maximum atomic E-state index is 11.2. The van der Waals surface area contributed by atoms with E-state index in [1.54, 1.807) is 6.08 Å². The first kappa shape index (κ1) is 19.9. The Labute approximate surface area is 142 Å². The Morgan fingerprint density at radius 3 is 1.88 bits per heavy atom. The highest BCUT2D eigenvalue weighted by molar-refractivity contribution is 5.66. The molecule has 1 aliphatic rings. The predicted molar refractivity (Wildman–Crippen MR) is 87.8 cm³/mol. The molecule has 0 saturated heterocycles. The van der Waals surface area contributed by atoms with Crippen LogP contribution < -0.4 is 0 Å². The first-order valence-corrected chi connectivity index (χ1v) is 8.04. The summed E-state index contributed by atoms with van der Waals surface area (Å²) in [7, 11) is 0. The first-order valence-electron chi connectivity index (χ1n) is 8.04. The Bertz CT molecular complexity index is 496. The molecule has 1 saturated carbocycles. The van der Waals surface area contributed by atoms with Crippen LogP contribution in [0, 0.1) is 23.7 Å². The van der Waals surface area contributed by atoms with Gasteiger partial charge in [0, 0.05) is 32.6 Å². The normalized spacial score (nSPS) is 26.1. The van der Waals surface area contributed by atoms with E-state index < -0.39 is 0 Å². The van der Waals surface area contributed by atoms with Gasteiger partial charge in [-0.1, -0.05) is 18.2 Å². The van der Waals surface area contributed by atoms with Gasteiger partial charge in [0.2, 0.25) is 0 Å². The van der Waals surface area contributed by atoms with E-state index in [0.717, 1.165) is 6.42 Å². The van der Waals surface area contributed by atoms with Gasteiger partial charge in [0.05, 0.1) is 13.2 Å². The molecule has 0 bridgehead atoms. The van der Waals surface area contributed by atoms with Crippen LogP contribution in [-0.4, -0.2) is 37.7 Å². The molecule has 1 aliphatic carbocycles. The van der Waals surface area contributed by atoms with Crippen molar-refractivity contribution in [2.75, 3.05) is 19.8 Å². The molecule has 0 aromatic rings. The van der Waals surface area contributed by atoms with Crippen molar-refractivity contribution in [2.45, 2.75) is 27.2 Å². The summed E-state index contributed by atoms with van der Waals surface area (Å²) in [5.74, 6) is -0.668. The van der Waals surface area contributed by atoms with E-state index in [1.165, 1.54) is 20.8 Å². The van der Waals surface area contributed by atoms with E-state index >= 15 is 0 Å². The SMILES string of the molecule is C=C[C@H]1C[C@@H](/C=C\COC(C)=O)[C@@H](COC(C)=O)[C@H]1COC(C)=O. The van der Waals surface area contributed by atoms with Crippen molar-refractivity contribution in [3.05, 3.63) is 24.8 Å². The summed E-state index contributed by atoms with van der Waals surface area (Å²) < 4.78 is 15.3. The number of hydrogen-bond acceptors (Lipinski definition) is 6. The van der Waals surface area contributed by atoms with Gasteiger partial charge in [0.25, 0.3) is 0 Å². The Kier molecular flexibility index (Phi) is 8.22. The van der Waals surface area contributed by atoms with E-state index in [1.807, 2.05) is 12.2 Å². The van der Waals surface area contributed by atoms with Crippen LogP contribution in [0.2, 0.25) is 0 Å². The summed E-state index contributed by atoms with van der Waals surface area (Å²) in [5.41, 5.74) is 0. The summed E-state index contributed by atoms with van der Waals surface area (Å²) in [6.07, 6.45) is 6.44. The summed E-state index contributed by atoms with van der Waals surface area (Å²) in [5, 5.41) is 0. The first-order chi connectivity index (χ1) is 11.3. The van der Waals surface area contributed by atoms with Crippen molar-refractivity contribution in [3.8, 4) is 0 Å². The fourth-order valence-electron chi connectivity index (χ4n) is 3.11. The van der Waals surface area contributed by atoms with Gasteiger partial charge in [-0.15, -0.1) is 6.58 Å². The molecule has 0 radical (unpaired) electrons. The molecule has 134 valence electrons. The van der Waals surface area contributed by atoms with Gasteiger partial charge in [0.1, 0.15) is 6.61 Å². The Balaban J connectivity index is 2.81. The molecule has 0 unspecified atom stereocenters. The lowest BCUT2D eigenvalue weighted by molar-refractivity contribution is -0.147. The molecule has 0 aromatic heterocycles. The number of rotatable bonds is 8. The van der Waals surface area contributed by atoms with Crippen molar-refractivity contribution in [2.24, 2.45) is 23.7 Å².